The van der Waals surface area contributed by atoms with Crippen LogP contribution in [0.3, 0.4) is 0 Å². The Kier molecular flexibility index (Phi) is 8.26. The molecule has 226 valence electrons. The third-order valence-corrected chi connectivity index (χ3v) is 9.36. The molecule has 2 amide bonds. The Hall–Kier alpha value is -3.21. The maximum absolute atomic E-state index is 14.1. The molecule has 42 heavy (non-hydrogen) atoms. The monoisotopic (exact) mass is 609 g/mol. The molecule has 7 nitrogen and oxygen atoms in total. The van der Waals surface area contributed by atoms with Crippen LogP contribution in [0.2, 0.25) is 5.02 Å². The summed E-state index contributed by atoms with van der Waals surface area (Å²) in [4.78, 5) is 39.8. The van der Waals surface area contributed by atoms with Crippen LogP contribution in [0.25, 0.3) is 0 Å². The lowest BCUT2D eigenvalue weighted by molar-refractivity contribution is -0.160. The van der Waals surface area contributed by atoms with Crippen molar-refractivity contribution in [2.75, 3.05) is 13.1 Å². The van der Waals surface area contributed by atoms with Crippen LogP contribution in [0.15, 0.2) is 41.1 Å². The number of benzene rings is 1. The van der Waals surface area contributed by atoms with Gasteiger partial charge >= 0.3 is 12.1 Å². The van der Waals surface area contributed by atoms with E-state index in [9.17, 15) is 37.1 Å². The van der Waals surface area contributed by atoms with Crippen molar-refractivity contribution in [2.45, 2.75) is 75.6 Å². The molecule has 1 heterocycles. The molecule has 3 atom stereocenters. The molecule has 3 N–H and O–H groups in total. The van der Waals surface area contributed by atoms with Crippen molar-refractivity contribution in [2.24, 2.45) is 11.8 Å². The highest BCUT2D eigenvalue weighted by Crippen LogP contribution is 2.60. The van der Waals surface area contributed by atoms with Crippen LogP contribution in [-0.4, -0.2) is 58.9 Å². The van der Waals surface area contributed by atoms with Gasteiger partial charge in [-0.3, -0.25) is 14.4 Å². The molecule has 3 aliphatic carbocycles. The van der Waals surface area contributed by atoms with E-state index >= 15 is 0 Å². The average Bonchev–Trinajstić information content (AvgIpc) is 3.67. The van der Waals surface area contributed by atoms with Crippen LogP contribution in [0.4, 0.5) is 17.6 Å². The predicted molar refractivity (Wildman–Crippen MR) is 147 cm³/mol. The molecule has 2 fully saturated rings. The topological polar surface area (TPSA) is 111 Å². The van der Waals surface area contributed by atoms with Crippen molar-refractivity contribution in [3.8, 4) is 0 Å². The molecule has 1 aliphatic heterocycles. The first kappa shape index (κ1) is 30.3. The number of allylic oxidation sites excluding steroid dienone is 4. The number of halogens is 5. The Labute approximate surface area is 245 Å². The van der Waals surface area contributed by atoms with Crippen molar-refractivity contribution in [3.05, 3.63) is 57.3 Å². The van der Waals surface area contributed by atoms with E-state index in [1.165, 1.54) is 23.1 Å². The van der Waals surface area contributed by atoms with E-state index in [0.29, 0.717) is 30.4 Å². The molecule has 1 aromatic rings. The summed E-state index contributed by atoms with van der Waals surface area (Å²) in [7, 11) is 0. The Morgan fingerprint density at radius 2 is 1.81 bits per heavy atom. The molecule has 1 aromatic carbocycles. The third kappa shape index (κ3) is 5.72. The first-order valence-electron chi connectivity index (χ1n) is 14.2. The minimum absolute atomic E-state index is 0.0104. The zero-order valence-electron chi connectivity index (χ0n) is 22.8. The molecular formula is C30H32ClF4N3O4. The van der Waals surface area contributed by atoms with Crippen molar-refractivity contribution in [1.29, 1.82) is 5.41 Å². The fourth-order valence-electron chi connectivity index (χ4n) is 6.39. The number of nitrogens with zero attached hydrogens (tertiary/aromatic N) is 1. The summed E-state index contributed by atoms with van der Waals surface area (Å²) in [6, 6.07) is 3.99. The normalized spacial score (nSPS) is 25.6. The number of carbonyl (C=O) groups is 3. The summed E-state index contributed by atoms with van der Waals surface area (Å²) >= 11 is 6.32. The highest BCUT2D eigenvalue weighted by molar-refractivity contribution is 6.34. The van der Waals surface area contributed by atoms with Gasteiger partial charge in [-0.25, -0.2) is 4.39 Å². The molecule has 3 unspecified atom stereocenters. The van der Waals surface area contributed by atoms with Crippen LogP contribution < -0.4 is 5.32 Å². The van der Waals surface area contributed by atoms with Gasteiger partial charge in [-0.15, -0.1) is 0 Å². The van der Waals surface area contributed by atoms with Gasteiger partial charge in [-0.1, -0.05) is 29.8 Å². The largest absolute Gasteiger partial charge is 0.481 e. The predicted octanol–water partition coefficient (Wildman–Crippen LogP) is 6.12. The number of hydrogen-bond donors (Lipinski definition) is 3. The van der Waals surface area contributed by atoms with E-state index in [1.807, 2.05) is 0 Å². The van der Waals surface area contributed by atoms with Crippen molar-refractivity contribution >= 4 is 35.1 Å². The van der Waals surface area contributed by atoms with Crippen molar-refractivity contribution < 1.29 is 37.1 Å². The van der Waals surface area contributed by atoms with Gasteiger partial charge in [0.1, 0.15) is 6.17 Å². The lowest BCUT2D eigenvalue weighted by atomic mass is 9.79. The minimum atomic E-state index is -4.58. The summed E-state index contributed by atoms with van der Waals surface area (Å²) in [5.41, 5.74) is -1.24. The fraction of sp³-hybridized carbons (Fsp3) is 0.533. The van der Waals surface area contributed by atoms with Gasteiger partial charge in [0.2, 0.25) is 5.91 Å². The number of aliphatic carboxylic acids is 1. The van der Waals surface area contributed by atoms with Crippen LogP contribution in [0.1, 0.15) is 73.7 Å². The minimum Gasteiger partial charge on any atom is -0.481 e. The van der Waals surface area contributed by atoms with Crippen LogP contribution in [-0.2, 0) is 15.0 Å². The van der Waals surface area contributed by atoms with Gasteiger partial charge in [-0.2, -0.15) is 13.2 Å². The van der Waals surface area contributed by atoms with Crippen molar-refractivity contribution in [3.63, 3.8) is 0 Å². The third-order valence-electron chi connectivity index (χ3n) is 9.05. The average molecular weight is 610 g/mol. The summed E-state index contributed by atoms with van der Waals surface area (Å²) < 4.78 is 56.0. The van der Waals surface area contributed by atoms with Gasteiger partial charge in [0.05, 0.1) is 34.2 Å². The van der Waals surface area contributed by atoms with Crippen LogP contribution in [0.5, 0.6) is 0 Å². The maximum atomic E-state index is 14.1. The highest BCUT2D eigenvalue weighted by Gasteiger charge is 2.65. The molecule has 0 aromatic heterocycles. The Balaban J connectivity index is 1.47. The second-order valence-corrected chi connectivity index (χ2v) is 12.1. The molecule has 4 aliphatic rings. The number of carboxylic acids is 1. The molecule has 0 radical (unpaired) electrons. The molecule has 0 bridgehead atoms. The molecule has 12 heteroatoms. The molecular weight excluding hydrogens is 578 g/mol. The van der Waals surface area contributed by atoms with E-state index in [1.54, 1.807) is 6.08 Å². The van der Waals surface area contributed by atoms with Gasteiger partial charge in [0.25, 0.3) is 5.91 Å². The summed E-state index contributed by atoms with van der Waals surface area (Å²) in [5, 5.41) is 20.8. The van der Waals surface area contributed by atoms with Crippen molar-refractivity contribution in [1.82, 2.24) is 10.2 Å². The maximum Gasteiger partial charge on any atom is 0.398 e. The SMILES string of the molecule is N=C(C1=CCC(C(=O)O)CC1)C1=C(NC(=O)c2c(Cl)cccc2C2(C(F)(F)F)CC2)CC(C(=O)N2CCC(F)C2)CC1. The zero-order valence-corrected chi connectivity index (χ0v) is 23.6. The number of nitrogens with one attached hydrogen (secondary N) is 2. The number of carbonyl (C=O) groups excluding carboxylic acids is 2. The number of carboxylic acid groups (broad SMARTS) is 1. The molecule has 1 saturated heterocycles. The zero-order chi connectivity index (χ0) is 30.4. The summed E-state index contributed by atoms with van der Waals surface area (Å²) in [5.74, 6) is -3.18. The first-order chi connectivity index (χ1) is 19.8. The fourth-order valence-corrected chi connectivity index (χ4v) is 6.65. The lowest BCUT2D eigenvalue weighted by Crippen LogP contribution is -2.39. The van der Waals surface area contributed by atoms with Crippen LogP contribution >= 0.6 is 11.6 Å². The van der Waals surface area contributed by atoms with E-state index < -0.39 is 41.5 Å². The number of hydrogen-bond acceptors (Lipinski definition) is 4. The smallest absolute Gasteiger partial charge is 0.398 e. The lowest BCUT2D eigenvalue weighted by Gasteiger charge is -2.31. The van der Waals surface area contributed by atoms with E-state index in [4.69, 9.17) is 17.0 Å². The van der Waals surface area contributed by atoms with Gasteiger partial charge in [0, 0.05) is 18.2 Å². The summed E-state index contributed by atoms with van der Waals surface area (Å²) in [6.45, 7) is 0.272. The molecule has 1 saturated carbocycles. The molecule has 0 spiro atoms. The standard InChI is InChI=1S/C30H32ClF4N3O4/c31-22-3-1-2-21(29(11-12-29)30(33,34)35)24(22)26(39)37-23-14-18(27(40)38-13-10-19(32)15-38)8-9-20(23)25(36)16-4-6-17(7-5-16)28(41)42/h1-4,17-19,36H,5-15H2,(H,37,39)(H,41,42). The summed E-state index contributed by atoms with van der Waals surface area (Å²) in [6.07, 6.45) is -2.51. The second kappa shape index (κ2) is 11.5. The number of likely N-dealkylation sites (tertiary alicyclic amines) is 1. The van der Waals surface area contributed by atoms with Gasteiger partial charge in [0.15, 0.2) is 0 Å². The molecule has 5 rings (SSSR count). The number of amides is 2. The quantitative estimate of drug-likeness (QED) is 0.256. The van der Waals surface area contributed by atoms with Gasteiger partial charge in [-0.05, 0) is 80.6 Å². The Morgan fingerprint density at radius 1 is 1.10 bits per heavy atom. The van der Waals surface area contributed by atoms with E-state index in [2.05, 4.69) is 5.32 Å². The Morgan fingerprint density at radius 3 is 2.38 bits per heavy atom. The van der Waals surface area contributed by atoms with E-state index in [-0.39, 0.29) is 85.1 Å². The van der Waals surface area contributed by atoms with Gasteiger partial charge < -0.3 is 20.7 Å². The Bertz CT molecular complexity index is 1380. The van der Waals surface area contributed by atoms with E-state index in [0.717, 1.165) is 0 Å². The second-order valence-electron chi connectivity index (χ2n) is 11.7. The number of alkyl halides is 4. The first-order valence-corrected chi connectivity index (χ1v) is 14.5. The van der Waals surface area contributed by atoms with Crippen LogP contribution in [0, 0.1) is 17.2 Å². The number of rotatable bonds is 7. The highest BCUT2D eigenvalue weighted by atomic mass is 35.5.